The molecular formula is C19H32O2. The molecule has 21 heavy (non-hydrogen) atoms. The third-order valence-corrected chi connectivity index (χ3v) is 8.63. The Bertz CT molecular complexity index is 431. The summed E-state index contributed by atoms with van der Waals surface area (Å²) in [5.74, 6) is 1.26. The molecule has 0 radical (unpaired) electrons. The second kappa shape index (κ2) is 4.47. The van der Waals surface area contributed by atoms with Crippen LogP contribution in [0.1, 0.15) is 78.1 Å². The molecule has 4 rings (SSSR count). The molecule has 0 spiro atoms. The molecule has 0 amide bonds. The predicted molar refractivity (Wildman–Crippen MR) is 83.5 cm³/mol. The van der Waals surface area contributed by atoms with E-state index in [1.54, 1.807) is 0 Å². The summed E-state index contributed by atoms with van der Waals surface area (Å²) >= 11 is 0. The molecule has 2 nitrogen and oxygen atoms in total. The summed E-state index contributed by atoms with van der Waals surface area (Å²) in [7, 11) is 0. The van der Waals surface area contributed by atoms with Crippen molar-refractivity contribution in [2.75, 3.05) is 0 Å². The van der Waals surface area contributed by atoms with Crippen LogP contribution in [0.4, 0.5) is 0 Å². The van der Waals surface area contributed by atoms with Crippen LogP contribution in [0.3, 0.4) is 0 Å². The largest absolute Gasteiger partial charge is 0.365 e. The van der Waals surface area contributed by atoms with Crippen molar-refractivity contribution in [2.24, 2.45) is 34.5 Å². The van der Waals surface area contributed by atoms with Gasteiger partial charge in [0.15, 0.2) is 5.79 Å². The van der Waals surface area contributed by atoms with Crippen molar-refractivity contribution >= 4 is 0 Å². The predicted octanol–water partition coefficient (Wildman–Crippen LogP) is 4.10. The van der Waals surface area contributed by atoms with E-state index in [9.17, 15) is 10.2 Å². The molecule has 0 saturated heterocycles. The Hall–Kier alpha value is -0.0800. The van der Waals surface area contributed by atoms with Crippen LogP contribution in [-0.4, -0.2) is 16.0 Å². The summed E-state index contributed by atoms with van der Waals surface area (Å²) in [5.41, 5.74) is 0.310. The smallest absolute Gasteiger partial charge is 0.168 e. The Morgan fingerprint density at radius 2 is 1.52 bits per heavy atom. The van der Waals surface area contributed by atoms with E-state index < -0.39 is 5.79 Å². The number of rotatable bonds is 0. The van der Waals surface area contributed by atoms with E-state index in [1.165, 1.54) is 51.4 Å². The summed E-state index contributed by atoms with van der Waals surface area (Å²) in [4.78, 5) is 0. The van der Waals surface area contributed by atoms with Crippen molar-refractivity contribution in [1.29, 1.82) is 0 Å². The molecule has 120 valence electrons. The summed E-state index contributed by atoms with van der Waals surface area (Å²) in [6.45, 7) is 4.74. The summed E-state index contributed by atoms with van der Waals surface area (Å²) < 4.78 is 0. The van der Waals surface area contributed by atoms with Crippen molar-refractivity contribution < 1.29 is 10.2 Å². The van der Waals surface area contributed by atoms with Crippen molar-refractivity contribution in [3.63, 3.8) is 0 Å². The van der Waals surface area contributed by atoms with E-state index >= 15 is 0 Å². The summed E-state index contributed by atoms with van der Waals surface area (Å²) in [6.07, 6.45) is 12.1. The molecule has 4 aliphatic rings. The van der Waals surface area contributed by atoms with Crippen LogP contribution in [0.5, 0.6) is 0 Å². The summed E-state index contributed by atoms with van der Waals surface area (Å²) in [5, 5.41) is 21.7. The lowest BCUT2D eigenvalue weighted by Gasteiger charge is -2.63. The van der Waals surface area contributed by atoms with Gasteiger partial charge < -0.3 is 10.2 Å². The van der Waals surface area contributed by atoms with Crippen molar-refractivity contribution in [3.8, 4) is 0 Å². The molecule has 6 atom stereocenters. The van der Waals surface area contributed by atoms with Crippen molar-refractivity contribution in [3.05, 3.63) is 0 Å². The first-order chi connectivity index (χ1) is 9.88. The van der Waals surface area contributed by atoms with Gasteiger partial charge in [0.2, 0.25) is 0 Å². The van der Waals surface area contributed by atoms with Crippen LogP contribution in [0.15, 0.2) is 0 Å². The molecular weight excluding hydrogens is 260 g/mol. The maximum absolute atomic E-state index is 10.8. The fraction of sp³-hybridized carbons (Fsp3) is 1.00. The van der Waals surface area contributed by atoms with E-state index in [0.717, 1.165) is 18.3 Å². The van der Waals surface area contributed by atoms with Crippen LogP contribution in [-0.2, 0) is 0 Å². The van der Waals surface area contributed by atoms with Gasteiger partial charge >= 0.3 is 0 Å². The van der Waals surface area contributed by atoms with Gasteiger partial charge in [-0.1, -0.05) is 20.3 Å². The lowest BCUT2D eigenvalue weighted by molar-refractivity contribution is -0.312. The highest BCUT2D eigenvalue weighted by Gasteiger charge is 2.64. The van der Waals surface area contributed by atoms with Crippen molar-refractivity contribution in [1.82, 2.24) is 0 Å². The fourth-order valence-corrected chi connectivity index (χ4v) is 7.36. The first-order valence-electron chi connectivity index (χ1n) is 9.33. The molecule has 4 aliphatic carbocycles. The van der Waals surface area contributed by atoms with Crippen LogP contribution in [0.2, 0.25) is 0 Å². The normalized spacial score (nSPS) is 55.4. The molecule has 0 heterocycles. The molecule has 4 saturated carbocycles. The number of hydrogen-bond donors (Lipinski definition) is 2. The minimum atomic E-state index is -1.43. The number of hydrogen-bond acceptors (Lipinski definition) is 2. The monoisotopic (exact) mass is 292 g/mol. The lowest BCUT2D eigenvalue weighted by Crippen LogP contribution is -2.63. The molecule has 0 aromatic heterocycles. The molecule has 2 N–H and O–H groups in total. The van der Waals surface area contributed by atoms with Gasteiger partial charge in [-0.2, -0.15) is 0 Å². The first kappa shape index (κ1) is 14.5. The van der Waals surface area contributed by atoms with Crippen LogP contribution in [0.25, 0.3) is 0 Å². The Kier molecular flexibility index (Phi) is 3.09. The van der Waals surface area contributed by atoms with Gasteiger partial charge in [-0.25, -0.2) is 0 Å². The van der Waals surface area contributed by atoms with Gasteiger partial charge in [0.25, 0.3) is 0 Å². The first-order valence-corrected chi connectivity index (χ1v) is 9.33. The van der Waals surface area contributed by atoms with Gasteiger partial charge in [-0.15, -0.1) is 0 Å². The zero-order valence-corrected chi connectivity index (χ0v) is 13.8. The van der Waals surface area contributed by atoms with Crippen molar-refractivity contribution in [2.45, 2.75) is 83.8 Å². The third-order valence-electron chi connectivity index (χ3n) is 8.63. The molecule has 4 fully saturated rings. The quantitative estimate of drug-likeness (QED) is 0.660. The molecule has 0 aliphatic heterocycles. The number of aliphatic hydroxyl groups is 2. The SMILES string of the molecule is C[C@@]12CCC[C@H]1[C@@H]1CC[C@H]3CCCC(O)(O)[C@]3(C)[C@H]1CC2. The molecule has 0 unspecified atom stereocenters. The van der Waals surface area contributed by atoms with E-state index in [-0.39, 0.29) is 5.41 Å². The lowest BCUT2D eigenvalue weighted by atomic mass is 9.44. The zero-order chi connectivity index (χ0) is 14.9. The minimum absolute atomic E-state index is 0.252. The highest BCUT2D eigenvalue weighted by atomic mass is 16.5. The number of fused-ring (bicyclic) bond motifs is 5. The van der Waals surface area contributed by atoms with Gasteiger partial charge in [0.1, 0.15) is 0 Å². The average Bonchev–Trinajstić information content (AvgIpc) is 2.82. The maximum atomic E-state index is 10.8. The Labute approximate surface area is 129 Å². The molecule has 0 bridgehead atoms. The highest BCUT2D eigenvalue weighted by molar-refractivity contribution is 5.10. The van der Waals surface area contributed by atoms with E-state index in [0.29, 0.717) is 23.7 Å². The Morgan fingerprint density at radius 3 is 2.33 bits per heavy atom. The molecule has 2 heteroatoms. The van der Waals surface area contributed by atoms with Gasteiger partial charge in [0, 0.05) is 11.8 Å². The van der Waals surface area contributed by atoms with Crippen LogP contribution < -0.4 is 0 Å². The van der Waals surface area contributed by atoms with Gasteiger partial charge in [-0.05, 0) is 80.5 Å². The average molecular weight is 292 g/mol. The van der Waals surface area contributed by atoms with E-state index in [4.69, 9.17) is 0 Å². The van der Waals surface area contributed by atoms with E-state index in [1.807, 2.05) is 0 Å². The standard InChI is InChI=1S/C19H32O2/c1-17-10-4-6-15(17)14-8-7-13-5-3-11-19(20,21)18(13,2)16(14)9-12-17/h13-16,20-21H,3-12H2,1-2H3/t13-,14+,15+,16+,17+,18+/m1/s1. The van der Waals surface area contributed by atoms with Gasteiger partial charge in [0.05, 0.1) is 0 Å². The molecule has 0 aromatic rings. The third kappa shape index (κ3) is 1.78. The zero-order valence-electron chi connectivity index (χ0n) is 13.8. The van der Waals surface area contributed by atoms with Gasteiger partial charge in [-0.3, -0.25) is 0 Å². The Morgan fingerprint density at radius 1 is 0.762 bits per heavy atom. The second-order valence-corrected chi connectivity index (χ2v) is 9.23. The second-order valence-electron chi connectivity index (χ2n) is 9.23. The maximum Gasteiger partial charge on any atom is 0.168 e. The highest BCUT2D eigenvalue weighted by Crippen LogP contribution is 2.67. The van der Waals surface area contributed by atoms with E-state index in [2.05, 4.69) is 13.8 Å². The fourth-order valence-electron chi connectivity index (χ4n) is 7.36. The van der Waals surface area contributed by atoms with Crippen LogP contribution in [0, 0.1) is 34.5 Å². The topological polar surface area (TPSA) is 40.5 Å². The summed E-state index contributed by atoms with van der Waals surface area (Å²) in [6, 6.07) is 0. The molecule has 0 aromatic carbocycles. The minimum Gasteiger partial charge on any atom is -0.365 e. The van der Waals surface area contributed by atoms with Crippen LogP contribution >= 0.6 is 0 Å². The Balaban J connectivity index is 1.71.